The third-order valence-electron chi connectivity index (χ3n) is 4.05. The summed E-state index contributed by atoms with van der Waals surface area (Å²) in [4.78, 5) is 14.5. The fourth-order valence-corrected chi connectivity index (χ4v) is 3.23. The van der Waals surface area contributed by atoms with Crippen LogP contribution in [0.2, 0.25) is 0 Å². The van der Waals surface area contributed by atoms with Crippen LogP contribution < -0.4 is 0 Å². The zero-order chi connectivity index (χ0) is 13.4. The van der Waals surface area contributed by atoms with Gasteiger partial charge in [-0.3, -0.25) is 4.79 Å². The molecule has 1 fully saturated rings. The van der Waals surface area contributed by atoms with Crippen LogP contribution in [0.4, 0.5) is 0 Å². The number of hydrogen-bond acceptors (Lipinski definition) is 2. The third kappa shape index (κ3) is 2.52. The predicted molar refractivity (Wildman–Crippen MR) is 74.4 cm³/mol. The van der Waals surface area contributed by atoms with Crippen molar-refractivity contribution in [2.24, 2.45) is 0 Å². The maximum Gasteiger partial charge on any atom is 0.254 e. The lowest BCUT2D eigenvalue weighted by Gasteiger charge is -2.35. The number of aryl methyl sites for hydroxylation is 2. The van der Waals surface area contributed by atoms with E-state index in [0.717, 1.165) is 18.4 Å². The molecule has 1 aromatic rings. The average molecular weight is 259 g/mol. The molecule has 2 aliphatic rings. The number of fused-ring (bicyclic) bond motifs is 1. The molecule has 0 spiro atoms. The van der Waals surface area contributed by atoms with Crippen molar-refractivity contribution in [2.45, 2.75) is 45.3 Å². The van der Waals surface area contributed by atoms with Crippen molar-refractivity contribution >= 4 is 5.91 Å². The molecule has 1 saturated heterocycles. The van der Waals surface area contributed by atoms with Crippen LogP contribution in [-0.4, -0.2) is 36.1 Å². The van der Waals surface area contributed by atoms with E-state index in [9.17, 15) is 4.79 Å². The van der Waals surface area contributed by atoms with Crippen LogP contribution in [0.3, 0.4) is 0 Å². The lowest BCUT2D eigenvalue weighted by atomic mass is 10.0. The van der Waals surface area contributed by atoms with E-state index in [0.29, 0.717) is 13.1 Å². The number of carbonyl (C=O) groups excluding carboxylic acids is 1. The molecule has 1 aromatic carbocycles. The van der Waals surface area contributed by atoms with Crippen molar-refractivity contribution < 1.29 is 9.53 Å². The monoisotopic (exact) mass is 259 g/mol. The summed E-state index contributed by atoms with van der Waals surface area (Å²) < 4.78 is 5.68. The second-order valence-corrected chi connectivity index (χ2v) is 5.80. The first kappa shape index (κ1) is 12.7. The number of amides is 1. The minimum absolute atomic E-state index is 0.127. The topological polar surface area (TPSA) is 29.5 Å². The van der Waals surface area contributed by atoms with E-state index in [1.165, 1.54) is 17.5 Å². The van der Waals surface area contributed by atoms with Gasteiger partial charge in [-0.25, -0.2) is 0 Å². The van der Waals surface area contributed by atoms with Crippen LogP contribution in [0.25, 0.3) is 0 Å². The van der Waals surface area contributed by atoms with E-state index in [1.807, 2.05) is 24.8 Å². The van der Waals surface area contributed by atoms with E-state index in [1.54, 1.807) is 0 Å². The summed E-state index contributed by atoms with van der Waals surface area (Å²) in [5, 5.41) is 0. The van der Waals surface area contributed by atoms with E-state index in [2.05, 4.69) is 12.1 Å². The Kier molecular flexibility index (Phi) is 3.31. The van der Waals surface area contributed by atoms with Crippen LogP contribution in [0.15, 0.2) is 18.2 Å². The zero-order valence-corrected chi connectivity index (χ0v) is 11.7. The largest absolute Gasteiger partial charge is 0.372 e. The molecule has 0 bridgehead atoms. The number of ether oxygens (including phenoxy) is 1. The molecular formula is C16H21NO2. The Bertz CT molecular complexity index is 488. The Labute approximate surface area is 114 Å². The SMILES string of the molecule is CC1CN(C(=O)c2ccc3c(c2)CCC3)CC(C)O1. The Morgan fingerprint density at radius 2 is 1.84 bits per heavy atom. The van der Waals surface area contributed by atoms with Gasteiger partial charge in [0.2, 0.25) is 0 Å². The molecule has 1 amide bonds. The van der Waals surface area contributed by atoms with Gasteiger partial charge in [0.1, 0.15) is 0 Å². The normalized spacial score (nSPS) is 26.3. The highest BCUT2D eigenvalue weighted by atomic mass is 16.5. The lowest BCUT2D eigenvalue weighted by Crippen LogP contribution is -2.48. The van der Waals surface area contributed by atoms with Gasteiger partial charge in [-0.2, -0.15) is 0 Å². The van der Waals surface area contributed by atoms with Gasteiger partial charge in [-0.1, -0.05) is 6.07 Å². The highest BCUT2D eigenvalue weighted by Gasteiger charge is 2.27. The van der Waals surface area contributed by atoms with Gasteiger partial charge in [-0.15, -0.1) is 0 Å². The van der Waals surface area contributed by atoms with Crippen molar-refractivity contribution in [3.8, 4) is 0 Å². The molecule has 1 heterocycles. The van der Waals surface area contributed by atoms with Gasteiger partial charge >= 0.3 is 0 Å². The smallest absolute Gasteiger partial charge is 0.254 e. The fourth-order valence-electron chi connectivity index (χ4n) is 3.23. The van der Waals surface area contributed by atoms with Gasteiger partial charge in [-0.05, 0) is 56.4 Å². The van der Waals surface area contributed by atoms with E-state index < -0.39 is 0 Å². The first-order valence-electron chi connectivity index (χ1n) is 7.20. The summed E-state index contributed by atoms with van der Waals surface area (Å²) in [5.41, 5.74) is 3.61. The molecule has 102 valence electrons. The van der Waals surface area contributed by atoms with Gasteiger partial charge in [0.15, 0.2) is 0 Å². The van der Waals surface area contributed by atoms with E-state index in [4.69, 9.17) is 4.74 Å². The quantitative estimate of drug-likeness (QED) is 0.775. The summed E-state index contributed by atoms with van der Waals surface area (Å²) in [5.74, 6) is 0.150. The van der Waals surface area contributed by atoms with Crippen molar-refractivity contribution in [2.75, 3.05) is 13.1 Å². The van der Waals surface area contributed by atoms with Gasteiger partial charge in [0.05, 0.1) is 12.2 Å². The average Bonchev–Trinajstić information content (AvgIpc) is 2.83. The number of carbonyl (C=O) groups is 1. The highest BCUT2D eigenvalue weighted by Crippen LogP contribution is 2.24. The van der Waals surface area contributed by atoms with Crippen LogP contribution in [0, 0.1) is 0 Å². The molecule has 0 radical (unpaired) electrons. The number of rotatable bonds is 1. The summed E-state index contributed by atoms with van der Waals surface area (Å²) in [6.45, 7) is 5.44. The van der Waals surface area contributed by atoms with Crippen LogP contribution in [-0.2, 0) is 17.6 Å². The summed E-state index contributed by atoms with van der Waals surface area (Å²) in [6.07, 6.45) is 3.75. The second-order valence-electron chi connectivity index (χ2n) is 5.80. The molecule has 2 unspecified atom stereocenters. The maximum absolute atomic E-state index is 12.6. The van der Waals surface area contributed by atoms with Crippen LogP contribution in [0.5, 0.6) is 0 Å². The molecule has 3 rings (SSSR count). The first-order chi connectivity index (χ1) is 9.13. The molecule has 2 atom stereocenters. The van der Waals surface area contributed by atoms with Gasteiger partial charge in [0.25, 0.3) is 5.91 Å². The second kappa shape index (κ2) is 4.97. The predicted octanol–water partition coefficient (Wildman–Crippen LogP) is 2.42. The zero-order valence-electron chi connectivity index (χ0n) is 11.7. The number of benzene rings is 1. The van der Waals surface area contributed by atoms with E-state index >= 15 is 0 Å². The summed E-state index contributed by atoms with van der Waals surface area (Å²) in [7, 11) is 0. The van der Waals surface area contributed by atoms with Crippen molar-refractivity contribution in [1.82, 2.24) is 4.90 Å². The summed E-state index contributed by atoms with van der Waals surface area (Å²) >= 11 is 0. The minimum Gasteiger partial charge on any atom is -0.372 e. The third-order valence-corrected chi connectivity index (χ3v) is 4.05. The molecule has 1 aliphatic heterocycles. The standard InChI is InChI=1S/C16H21NO2/c1-11-9-17(10-12(2)19-11)16(18)15-7-6-13-4-3-5-14(13)8-15/h6-8,11-12H,3-5,9-10H2,1-2H3. The van der Waals surface area contributed by atoms with Crippen molar-refractivity contribution in [1.29, 1.82) is 0 Å². The Morgan fingerprint density at radius 1 is 1.16 bits per heavy atom. The van der Waals surface area contributed by atoms with Crippen molar-refractivity contribution in [3.63, 3.8) is 0 Å². The molecule has 19 heavy (non-hydrogen) atoms. The molecule has 1 aliphatic carbocycles. The molecule has 0 N–H and O–H groups in total. The van der Waals surface area contributed by atoms with Gasteiger partial charge in [0, 0.05) is 18.7 Å². The molecule has 0 saturated carbocycles. The molecule has 3 heteroatoms. The fraction of sp³-hybridized carbons (Fsp3) is 0.562. The van der Waals surface area contributed by atoms with Gasteiger partial charge < -0.3 is 9.64 Å². The maximum atomic E-state index is 12.6. The lowest BCUT2D eigenvalue weighted by molar-refractivity contribution is -0.0586. The minimum atomic E-state index is 0.127. The van der Waals surface area contributed by atoms with Crippen LogP contribution in [0.1, 0.15) is 41.8 Å². The number of morpholine rings is 1. The Balaban J connectivity index is 1.80. The number of hydrogen-bond donors (Lipinski definition) is 0. The highest BCUT2D eigenvalue weighted by molar-refractivity contribution is 5.94. The van der Waals surface area contributed by atoms with Crippen molar-refractivity contribution in [3.05, 3.63) is 34.9 Å². The summed E-state index contributed by atoms with van der Waals surface area (Å²) in [6, 6.07) is 6.20. The number of nitrogens with zero attached hydrogens (tertiary/aromatic N) is 1. The molecular weight excluding hydrogens is 238 g/mol. The molecule has 3 nitrogen and oxygen atoms in total. The van der Waals surface area contributed by atoms with Crippen LogP contribution >= 0.6 is 0 Å². The Hall–Kier alpha value is -1.35. The molecule has 0 aromatic heterocycles. The first-order valence-corrected chi connectivity index (χ1v) is 7.20. The Morgan fingerprint density at radius 3 is 2.58 bits per heavy atom. The van der Waals surface area contributed by atoms with E-state index in [-0.39, 0.29) is 18.1 Å².